The molecule has 0 radical (unpaired) electrons. The fraction of sp³-hybridized carbons (Fsp3) is 0.500. The normalized spacial score (nSPS) is 22.1. The molecule has 1 unspecified atom stereocenters. The van der Waals surface area contributed by atoms with E-state index in [1.54, 1.807) is 7.11 Å². The van der Waals surface area contributed by atoms with Crippen LogP contribution in [0.2, 0.25) is 0 Å². The molecule has 39 heavy (non-hydrogen) atoms. The van der Waals surface area contributed by atoms with Crippen LogP contribution in [0, 0.1) is 12.8 Å². The molecule has 2 aliphatic rings. The Morgan fingerprint density at radius 1 is 1.10 bits per heavy atom. The van der Waals surface area contributed by atoms with Gasteiger partial charge in [-0.1, -0.05) is 24.3 Å². The summed E-state index contributed by atoms with van der Waals surface area (Å²) in [5.74, 6) is -0.169. The number of nitrogens with zero attached hydrogens (tertiary/aromatic N) is 2. The SMILES string of the molecule is COC(=O)C1CCC(OC(OC)[C@@H]2CCCN2C(=O)Cc2ccc3nc(Nc4ccccc4C)oc3c2)CC1. The molecule has 3 aromatic rings. The number of methoxy groups -OCH3 is 2. The number of rotatable bonds is 9. The quantitative estimate of drug-likeness (QED) is 0.297. The Kier molecular flexibility index (Phi) is 8.47. The minimum atomic E-state index is -0.497. The van der Waals surface area contributed by atoms with Gasteiger partial charge in [-0.25, -0.2) is 0 Å². The number of aryl methyl sites for hydroxylation is 1. The highest BCUT2D eigenvalue weighted by molar-refractivity contribution is 5.82. The summed E-state index contributed by atoms with van der Waals surface area (Å²) in [4.78, 5) is 31.7. The molecule has 2 heterocycles. The average molecular weight is 536 g/mol. The highest BCUT2D eigenvalue weighted by atomic mass is 16.7. The van der Waals surface area contributed by atoms with Crippen LogP contribution < -0.4 is 5.32 Å². The number of esters is 1. The van der Waals surface area contributed by atoms with E-state index >= 15 is 0 Å². The number of likely N-dealkylation sites (tertiary alicyclic amines) is 1. The first-order chi connectivity index (χ1) is 18.9. The molecule has 1 aliphatic carbocycles. The van der Waals surface area contributed by atoms with E-state index in [0.717, 1.165) is 60.9 Å². The second kappa shape index (κ2) is 12.2. The second-order valence-corrected chi connectivity index (χ2v) is 10.5. The zero-order chi connectivity index (χ0) is 27.4. The Morgan fingerprint density at radius 2 is 1.90 bits per heavy atom. The van der Waals surface area contributed by atoms with E-state index < -0.39 is 6.29 Å². The van der Waals surface area contributed by atoms with Gasteiger partial charge in [0.2, 0.25) is 5.91 Å². The molecule has 1 amide bonds. The molecule has 9 nitrogen and oxygen atoms in total. The summed E-state index contributed by atoms with van der Waals surface area (Å²) in [5.41, 5.74) is 4.27. The van der Waals surface area contributed by atoms with Gasteiger partial charge >= 0.3 is 5.97 Å². The number of fused-ring (bicyclic) bond motifs is 1. The third kappa shape index (κ3) is 6.25. The van der Waals surface area contributed by atoms with Crippen LogP contribution >= 0.6 is 0 Å². The number of anilines is 2. The van der Waals surface area contributed by atoms with Gasteiger partial charge in [0.15, 0.2) is 11.9 Å². The summed E-state index contributed by atoms with van der Waals surface area (Å²) in [6.07, 6.45) is 4.54. The molecule has 9 heteroatoms. The molecule has 1 aromatic heterocycles. The van der Waals surface area contributed by atoms with Gasteiger partial charge in [0, 0.05) is 19.3 Å². The van der Waals surface area contributed by atoms with Gasteiger partial charge in [-0.2, -0.15) is 4.98 Å². The number of benzene rings is 2. The Morgan fingerprint density at radius 3 is 2.64 bits per heavy atom. The maximum Gasteiger partial charge on any atom is 0.308 e. The summed E-state index contributed by atoms with van der Waals surface area (Å²) in [6, 6.07) is 13.9. The third-order valence-corrected chi connectivity index (χ3v) is 7.90. The lowest BCUT2D eigenvalue weighted by Crippen LogP contribution is -2.47. The molecule has 2 fully saturated rings. The standard InChI is InChI=1S/C30H37N3O6/c1-19-7-4-5-8-23(19)31-30-32-24-15-10-20(17-26(24)39-30)18-27(34)33-16-6-9-25(33)29(37-3)38-22-13-11-21(12-14-22)28(35)36-2/h4-5,7-8,10,15,17,21-22,25,29H,6,9,11-14,16,18H2,1-3H3,(H,31,32)/t21?,22?,25-,29?/m0/s1. The zero-order valence-corrected chi connectivity index (χ0v) is 22.9. The topological polar surface area (TPSA) is 103 Å². The van der Waals surface area contributed by atoms with Crippen molar-refractivity contribution in [1.29, 1.82) is 0 Å². The highest BCUT2D eigenvalue weighted by Gasteiger charge is 2.38. The summed E-state index contributed by atoms with van der Waals surface area (Å²) < 4.78 is 22.9. The Labute approximate surface area is 228 Å². The van der Waals surface area contributed by atoms with Gasteiger partial charge in [0.05, 0.1) is 31.6 Å². The highest BCUT2D eigenvalue weighted by Crippen LogP contribution is 2.31. The van der Waals surface area contributed by atoms with E-state index in [2.05, 4.69) is 10.3 Å². The molecule has 0 spiro atoms. The molecule has 2 aromatic carbocycles. The number of nitrogens with one attached hydrogen (secondary N) is 1. The Balaban J connectivity index is 1.20. The summed E-state index contributed by atoms with van der Waals surface area (Å²) in [6.45, 7) is 2.70. The first kappa shape index (κ1) is 27.1. The van der Waals surface area contributed by atoms with E-state index in [4.69, 9.17) is 18.6 Å². The molecular formula is C30H37N3O6. The van der Waals surface area contributed by atoms with E-state index in [-0.39, 0.29) is 36.4 Å². The average Bonchev–Trinajstić information content (AvgIpc) is 3.60. The van der Waals surface area contributed by atoms with E-state index in [9.17, 15) is 9.59 Å². The summed E-state index contributed by atoms with van der Waals surface area (Å²) in [5, 5.41) is 3.23. The van der Waals surface area contributed by atoms with Crippen LogP contribution in [-0.2, 0) is 30.2 Å². The lowest BCUT2D eigenvalue weighted by molar-refractivity contribution is -0.194. The number of hydrogen-bond donors (Lipinski definition) is 1. The number of carbonyl (C=O) groups is 2. The molecule has 5 rings (SSSR count). The first-order valence-electron chi connectivity index (χ1n) is 13.7. The van der Waals surface area contributed by atoms with Crippen molar-refractivity contribution in [3.8, 4) is 0 Å². The second-order valence-electron chi connectivity index (χ2n) is 10.5. The van der Waals surface area contributed by atoms with Crippen LogP contribution in [-0.4, -0.2) is 61.0 Å². The lowest BCUT2D eigenvalue weighted by Gasteiger charge is -2.35. The van der Waals surface area contributed by atoms with E-state index in [0.29, 0.717) is 18.1 Å². The van der Waals surface area contributed by atoms with Crippen LogP contribution in [0.1, 0.15) is 49.7 Å². The fourth-order valence-electron chi connectivity index (χ4n) is 5.72. The maximum absolute atomic E-state index is 13.4. The van der Waals surface area contributed by atoms with Crippen molar-refractivity contribution >= 4 is 34.7 Å². The zero-order valence-electron chi connectivity index (χ0n) is 22.9. The van der Waals surface area contributed by atoms with Gasteiger partial charge in [-0.15, -0.1) is 0 Å². The summed E-state index contributed by atoms with van der Waals surface area (Å²) in [7, 11) is 3.06. The number of para-hydroxylation sites is 1. The van der Waals surface area contributed by atoms with Crippen molar-refractivity contribution < 1.29 is 28.2 Å². The number of carbonyl (C=O) groups excluding carboxylic acids is 2. The van der Waals surface area contributed by atoms with Crippen molar-refractivity contribution in [3.05, 3.63) is 53.6 Å². The molecule has 208 valence electrons. The van der Waals surface area contributed by atoms with Crippen LogP contribution in [0.5, 0.6) is 0 Å². The number of oxazole rings is 1. The van der Waals surface area contributed by atoms with E-state index in [1.807, 2.05) is 54.3 Å². The molecule has 1 saturated carbocycles. The van der Waals surface area contributed by atoms with Crippen molar-refractivity contribution in [2.45, 2.75) is 70.3 Å². The van der Waals surface area contributed by atoms with Crippen LogP contribution in [0.15, 0.2) is 46.9 Å². The first-order valence-corrected chi connectivity index (χ1v) is 13.7. The van der Waals surface area contributed by atoms with Gasteiger partial charge in [-0.3, -0.25) is 9.59 Å². The summed E-state index contributed by atoms with van der Waals surface area (Å²) >= 11 is 0. The van der Waals surface area contributed by atoms with Gasteiger partial charge in [0.25, 0.3) is 6.01 Å². The molecule has 1 aliphatic heterocycles. The van der Waals surface area contributed by atoms with Crippen molar-refractivity contribution in [2.24, 2.45) is 5.92 Å². The Bertz CT molecular complexity index is 1300. The maximum atomic E-state index is 13.4. The minimum Gasteiger partial charge on any atom is -0.469 e. The molecular weight excluding hydrogens is 498 g/mol. The number of amides is 1. The van der Waals surface area contributed by atoms with Crippen LogP contribution in [0.4, 0.5) is 11.7 Å². The number of aromatic nitrogens is 1. The third-order valence-electron chi connectivity index (χ3n) is 7.90. The van der Waals surface area contributed by atoms with Crippen molar-refractivity contribution in [2.75, 3.05) is 26.1 Å². The van der Waals surface area contributed by atoms with E-state index in [1.165, 1.54) is 7.11 Å². The van der Waals surface area contributed by atoms with Gasteiger partial charge < -0.3 is 28.8 Å². The monoisotopic (exact) mass is 535 g/mol. The number of ether oxygens (including phenoxy) is 3. The van der Waals surface area contributed by atoms with Crippen LogP contribution in [0.25, 0.3) is 11.1 Å². The van der Waals surface area contributed by atoms with Gasteiger partial charge in [0.1, 0.15) is 5.52 Å². The lowest BCUT2D eigenvalue weighted by atomic mass is 9.87. The largest absolute Gasteiger partial charge is 0.469 e. The minimum absolute atomic E-state index is 0.00440. The number of hydrogen-bond acceptors (Lipinski definition) is 8. The molecule has 2 atom stereocenters. The smallest absolute Gasteiger partial charge is 0.308 e. The van der Waals surface area contributed by atoms with Crippen LogP contribution in [0.3, 0.4) is 0 Å². The molecule has 1 N–H and O–H groups in total. The predicted octanol–water partition coefficient (Wildman–Crippen LogP) is 5.13. The van der Waals surface area contributed by atoms with Gasteiger partial charge in [-0.05, 0) is 74.8 Å². The van der Waals surface area contributed by atoms with Crippen molar-refractivity contribution in [3.63, 3.8) is 0 Å². The van der Waals surface area contributed by atoms with Crippen molar-refractivity contribution in [1.82, 2.24) is 9.88 Å². The fourth-order valence-corrected chi connectivity index (χ4v) is 5.72. The molecule has 1 saturated heterocycles. The predicted molar refractivity (Wildman–Crippen MR) is 147 cm³/mol. The Hall–Kier alpha value is -3.43. The molecule has 0 bridgehead atoms.